The van der Waals surface area contributed by atoms with Crippen molar-refractivity contribution in [1.29, 1.82) is 0 Å². The number of rotatable bonds is 3. The van der Waals surface area contributed by atoms with Crippen LogP contribution >= 0.6 is 0 Å². The quantitative estimate of drug-likeness (QED) is 0.789. The lowest BCUT2D eigenvalue weighted by Gasteiger charge is -2.33. The molecule has 1 unspecified atom stereocenters. The molecule has 1 saturated carbocycles. The van der Waals surface area contributed by atoms with E-state index in [0.29, 0.717) is 6.42 Å². The van der Waals surface area contributed by atoms with E-state index in [4.69, 9.17) is 0 Å². The summed E-state index contributed by atoms with van der Waals surface area (Å²) in [5, 5.41) is 10.5. The minimum absolute atomic E-state index is 0.155. The molecule has 1 aliphatic carbocycles. The van der Waals surface area contributed by atoms with E-state index in [1.165, 1.54) is 6.07 Å². The first-order valence-corrected chi connectivity index (χ1v) is 6.85. The number of alkyl halides is 3. The Kier molecular flexibility index (Phi) is 4.09. The first-order valence-electron chi connectivity index (χ1n) is 6.85. The zero-order valence-electron chi connectivity index (χ0n) is 11.3. The number of benzene rings is 1. The lowest BCUT2D eigenvalue weighted by atomic mass is 9.75. The van der Waals surface area contributed by atoms with Crippen LogP contribution in [0.5, 0.6) is 0 Å². The fourth-order valence-corrected chi connectivity index (χ4v) is 3.18. The predicted octanol–water partition coefficient (Wildman–Crippen LogP) is 4.85. The number of hydrogen-bond donors (Lipinski definition) is 1. The molecule has 0 aromatic heterocycles. The molecule has 0 amide bonds. The largest absolute Gasteiger partial charge is 0.419 e. The van der Waals surface area contributed by atoms with E-state index in [-0.39, 0.29) is 11.0 Å². The maximum absolute atomic E-state index is 13.3. The van der Waals surface area contributed by atoms with Crippen LogP contribution in [0.4, 0.5) is 17.6 Å². The number of aliphatic hydroxyl groups is 1. The van der Waals surface area contributed by atoms with Crippen molar-refractivity contribution in [3.8, 4) is 0 Å². The van der Waals surface area contributed by atoms with Gasteiger partial charge in [0.1, 0.15) is 5.82 Å². The van der Waals surface area contributed by atoms with Crippen LogP contribution in [-0.4, -0.2) is 5.11 Å². The predicted molar refractivity (Wildman–Crippen MR) is 67.6 cm³/mol. The van der Waals surface area contributed by atoms with E-state index in [2.05, 4.69) is 0 Å². The van der Waals surface area contributed by atoms with Gasteiger partial charge in [0.15, 0.2) is 0 Å². The van der Waals surface area contributed by atoms with Crippen molar-refractivity contribution in [2.75, 3.05) is 0 Å². The van der Waals surface area contributed by atoms with E-state index in [1.807, 2.05) is 6.92 Å². The van der Waals surface area contributed by atoms with Gasteiger partial charge in [-0.3, -0.25) is 0 Å². The van der Waals surface area contributed by atoms with Crippen molar-refractivity contribution >= 4 is 0 Å². The molecule has 1 N–H and O–H groups in total. The van der Waals surface area contributed by atoms with Gasteiger partial charge in [0.2, 0.25) is 0 Å². The highest BCUT2D eigenvalue weighted by Gasteiger charge is 2.41. The minimum Gasteiger partial charge on any atom is -0.388 e. The average molecular weight is 290 g/mol. The molecule has 5 heteroatoms. The molecule has 1 aromatic rings. The third-order valence-corrected chi connectivity index (χ3v) is 4.50. The third-order valence-electron chi connectivity index (χ3n) is 4.50. The summed E-state index contributed by atoms with van der Waals surface area (Å²) >= 11 is 0. The Bertz CT molecular complexity index is 475. The van der Waals surface area contributed by atoms with E-state index in [1.54, 1.807) is 0 Å². The molecule has 1 aliphatic rings. The van der Waals surface area contributed by atoms with Gasteiger partial charge in [-0.25, -0.2) is 4.39 Å². The van der Waals surface area contributed by atoms with Gasteiger partial charge >= 0.3 is 6.18 Å². The Balaban J connectivity index is 2.38. The molecule has 1 aromatic carbocycles. The number of halogens is 4. The highest BCUT2D eigenvalue weighted by Crippen LogP contribution is 2.50. The normalized spacial score (nSPS) is 20.1. The molecule has 0 heterocycles. The van der Waals surface area contributed by atoms with Crippen molar-refractivity contribution in [1.82, 2.24) is 0 Å². The van der Waals surface area contributed by atoms with Crippen molar-refractivity contribution in [2.45, 2.75) is 51.3 Å². The van der Waals surface area contributed by atoms with Crippen molar-refractivity contribution in [3.63, 3.8) is 0 Å². The molecule has 0 bridgehead atoms. The highest BCUT2D eigenvalue weighted by atomic mass is 19.4. The smallest absolute Gasteiger partial charge is 0.388 e. The summed E-state index contributed by atoms with van der Waals surface area (Å²) in [4.78, 5) is 0. The summed E-state index contributed by atoms with van der Waals surface area (Å²) in [7, 11) is 0. The van der Waals surface area contributed by atoms with E-state index >= 15 is 0 Å². The van der Waals surface area contributed by atoms with E-state index in [9.17, 15) is 22.7 Å². The molecular formula is C15H18F4O. The maximum Gasteiger partial charge on any atom is 0.419 e. The Hall–Kier alpha value is -1.10. The van der Waals surface area contributed by atoms with Gasteiger partial charge in [-0.1, -0.05) is 25.8 Å². The topological polar surface area (TPSA) is 20.2 Å². The Morgan fingerprint density at radius 3 is 2.35 bits per heavy atom. The van der Waals surface area contributed by atoms with Crippen LogP contribution in [0.15, 0.2) is 18.2 Å². The SMILES string of the molecule is CCC1(C(O)c2ccc(F)c(C(F)(F)F)c2)CCCC1. The van der Waals surface area contributed by atoms with E-state index in [0.717, 1.165) is 37.8 Å². The molecule has 20 heavy (non-hydrogen) atoms. The average Bonchev–Trinajstić information content (AvgIpc) is 2.87. The highest BCUT2D eigenvalue weighted by molar-refractivity contribution is 5.30. The molecule has 0 aliphatic heterocycles. The minimum atomic E-state index is -4.74. The fraction of sp³-hybridized carbons (Fsp3) is 0.600. The van der Waals surface area contributed by atoms with Gasteiger partial charge in [0.25, 0.3) is 0 Å². The van der Waals surface area contributed by atoms with Crippen LogP contribution in [0, 0.1) is 11.2 Å². The zero-order chi connectivity index (χ0) is 15.0. The van der Waals surface area contributed by atoms with Crippen LogP contribution in [0.1, 0.15) is 56.3 Å². The van der Waals surface area contributed by atoms with Gasteiger partial charge < -0.3 is 5.11 Å². The second kappa shape index (κ2) is 5.35. The second-order valence-corrected chi connectivity index (χ2v) is 5.56. The molecule has 112 valence electrons. The van der Waals surface area contributed by atoms with Crippen LogP contribution in [-0.2, 0) is 6.18 Å². The standard InChI is InChI=1S/C15H18F4O/c1-2-14(7-3-4-8-14)13(20)10-5-6-12(16)11(9-10)15(17,18)19/h5-6,9,13,20H,2-4,7-8H2,1H3. The molecule has 1 atom stereocenters. The fourth-order valence-electron chi connectivity index (χ4n) is 3.18. The lowest BCUT2D eigenvalue weighted by Crippen LogP contribution is -2.25. The van der Waals surface area contributed by atoms with E-state index < -0.39 is 23.7 Å². The summed E-state index contributed by atoms with van der Waals surface area (Å²) < 4.78 is 51.5. The summed E-state index contributed by atoms with van der Waals surface area (Å²) in [6.07, 6.45) is -1.48. The van der Waals surface area contributed by atoms with Crippen LogP contribution in [0.3, 0.4) is 0 Å². The van der Waals surface area contributed by atoms with Crippen LogP contribution < -0.4 is 0 Å². The number of hydrogen-bond acceptors (Lipinski definition) is 1. The van der Waals surface area contributed by atoms with Gasteiger partial charge in [0, 0.05) is 5.41 Å². The zero-order valence-corrected chi connectivity index (χ0v) is 11.3. The van der Waals surface area contributed by atoms with Crippen molar-refractivity contribution in [3.05, 3.63) is 35.1 Å². The first-order chi connectivity index (χ1) is 9.30. The van der Waals surface area contributed by atoms with Gasteiger partial charge in [-0.15, -0.1) is 0 Å². The van der Waals surface area contributed by atoms with Crippen LogP contribution in [0.25, 0.3) is 0 Å². The van der Waals surface area contributed by atoms with Gasteiger partial charge in [-0.2, -0.15) is 13.2 Å². The molecule has 0 saturated heterocycles. The second-order valence-electron chi connectivity index (χ2n) is 5.56. The monoisotopic (exact) mass is 290 g/mol. The summed E-state index contributed by atoms with van der Waals surface area (Å²) in [6.45, 7) is 1.93. The summed E-state index contributed by atoms with van der Waals surface area (Å²) in [5.41, 5.74) is -1.53. The Morgan fingerprint density at radius 2 is 1.85 bits per heavy atom. The van der Waals surface area contributed by atoms with Gasteiger partial charge in [0.05, 0.1) is 11.7 Å². The Morgan fingerprint density at radius 1 is 1.25 bits per heavy atom. The van der Waals surface area contributed by atoms with Gasteiger partial charge in [-0.05, 0) is 37.0 Å². The van der Waals surface area contributed by atoms with Crippen molar-refractivity contribution < 1.29 is 22.7 Å². The molecule has 1 nitrogen and oxygen atoms in total. The van der Waals surface area contributed by atoms with Crippen LogP contribution in [0.2, 0.25) is 0 Å². The summed E-state index contributed by atoms with van der Waals surface area (Å²) in [6, 6.07) is 2.79. The lowest BCUT2D eigenvalue weighted by molar-refractivity contribution is -0.140. The molecule has 0 spiro atoms. The molecular weight excluding hydrogens is 272 g/mol. The first kappa shape index (κ1) is 15.3. The number of aliphatic hydroxyl groups excluding tert-OH is 1. The third kappa shape index (κ3) is 2.68. The maximum atomic E-state index is 13.3. The Labute approximate surface area is 115 Å². The summed E-state index contributed by atoms with van der Waals surface area (Å²) in [5.74, 6) is -1.30. The molecule has 0 radical (unpaired) electrons. The van der Waals surface area contributed by atoms with Crippen molar-refractivity contribution in [2.24, 2.45) is 5.41 Å². The molecule has 2 rings (SSSR count). The molecule has 1 fully saturated rings.